The Morgan fingerprint density at radius 1 is 0.935 bits per heavy atom. The first-order valence-electron chi connectivity index (χ1n) is 10.3. The molecule has 0 spiro atoms. The van der Waals surface area contributed by atoms with E-state index in [9.17, 15) is 13.2 Å². The van der Waals surface area contributed by atoms with Crippen molar-refractivity contribution in [3.63, 3.8) is 0 Å². The molecule has 1 N–H and O–H groups in total. The largest absolute Gasteiger partial charge is 0.345 e. The average molecular weight is 437 g/mol. The van der Waals surface area contributed by atoms with Crippen LogP contribution in [0.2, 0.25) is 0 Å². The highest BCUT2D eigenvalue weighted by atomic mass is 32.2. The molecule has 0 fully saturated rings. The van der Waals surface area contributed by atoms with Crippen LogP contribution < -0.4 is 9.62 Å². The first-order valence-corrected chi connectivity index (χ1v) is 12.1. The summed E-state index contributed by atoms with van der Waals surface area (Å²) in [6, 6.07) is 24.0. The SMILES string of the molecule is CCC(NC(=O)c1ccccc1N(Cc1ccccc1)S(C)(=O)=O)c1ccc(C)cc1. The van der Waals surface area contributed by atoms with E-state index in [2.05, 4.69) is 5.32 Å². The number of nitrogens with one attached hydrogen (secondary N) is 1. The van der Waals surface area contributed by atoms with Crippen LogP contribution in [0.15, 0.2) is 78.9 Å². The van der Waals surface area contributed by atoms with E-state index in [4.69, 9.17) is 0 Å². The molecular weight excluding hydrogens is 408 g/mol. The summed E-state index contributed by atoms with van der Waals surface area (Å²) in [6.07, 6.45) is 1.88. The molecular formula is C25H28N2O3S. The predicted molar refractivity (Wildman–Crippen MR) is 126 cm³/mol. The zero-order valence-electron chi connectivity index (χ0n) is 18.1. The topological polar surface area (TPSA) is 66.5 Å². The van der Waals surface area contributed by atoms with Crippen LogP contribution in [0.3, 0.4) is 0 Å². The summed E-state index contributed by atoms with van der Waals surface area (Å²) in [5, 5.41) is 3.07. The Balaban J connectivity index is 1.93. The van der Waals surface area contributed by atoms with E-state index in [0.29, 0.717) is 11.3 Å². The molecule has 0 radical (unpaired) electrons. The van der Waals surface area contributed by atoms with E-state index in [1.165, 1.54) is 4.31 Å². The molecule has 5 nitrogen and oxygen atoms in total. The second-order valence-electron chi connectivity index (χ2n) is 7.62. The fourth-order valence-electron chi connectivity index (χ4n) is 3.47. The van der Waals surface area contributed by atoms with Gasteiger partial charge in [-0.1, -0.05) is 79.2 Å². The van der Waals surface area contributed by atoms with Crippen molar-refractivity contribution in [1.82, 2.24) is 5.32 Å². The summed E-state index contributed by atoms with van der Waals surface area (Å²) in [7, 11) is -3.61. The van der Waals surface area contributed by atoms with Gasteiger partial charge in [-0.3, -0.25) is 9.10 Å². The molecule has 0 saturated heterocycles. The van der Waals surface area contributed by atoms with Crippen LogP contribution in [0, 0.1) is 6.92 Å². The second-order valence-corrected chi connectivity index (χ2v) is 9.52. The summed E-state index contributed by atoms with van der Waals surface area (Å²) in [6.45, 7) is 4.18. The lowest BCUT2D eigenvalue weighted by atomic mass is 10.0. The van der Waals surface area contributed by atoms with Crippen molar-refractivity contribution in [3.05, 3.63) is 101 Å². The molecule has 0 heterocycles. The number of carbonyl (C=O) groups excluding carboxylic acids is 1. The third kappa shape index (κ3) is 5.73. The van der Waals surface area contributed by atoms with Crippen LogP contribution in [0.25, 0.3) is 0 Å². The number of carbonyl (C=O) groups is 1. The maximum Gasteiger partial charge on any atom is 0.253 e. The first kappa shape index (κ1) is 22.6. The van der Waals surface area contributed by atoms with Crippen molar-refractivity contribution in [2.75, 3.05) is 10.6 Å². The van der Waals surface area contributed by atoms with E-state index >= 15 is 0 Å². The molecule has 0 aliphatic heterocycles. The number of hydrogen-bond donors (Lipinski definition) is 1. The van der Waals surface area contributed by atoms with E-state index in [0.717, 1.165) is 29.4 Å². The predicted octanol–water partition coefficient (Wildman–Crippen LogP) is 4.84. The Hall–Kier alpha value is -3.12. The minimum atomic E-state index is -3.61. The second kappa shape index (κ2) is 9.79. The summed E-state index contributed by atoms with van der Waals surface area (Å²) in [5.74, 6) is -0.301. The number of benzene rings is 3. The molecule has 0 bridgehead atoms. The Labute approximate surface area is 184 Å². The normalized spacial score (nSPS) is 12.2. The quantitative estimate of drug-likeness (QED) is 0.549. The molecule has 0 aliphatic rings. The Morgan fingerprint density at radius 2 is 1.55 bits per heavy atom. The molecule has 1 atom stereocenters. The van der Waals surface area contributed by atoms with Gasteiger partial charge in [0.25, 0.3) is 5.91 Å². The number of para-hydroxylation sites is 1. The number of sulfonamides is 1. The van der Waals surface area contributed by atoms with Crippen LogP contribution in [-0.2, 0) is 16.6 Å². The summed E-state index contributed by atoms with van der Waals surface area (Å²) < 4.78 is 26.6. The average Bonchev–Trinajstić information content (AvgIpc) is 2.76. The van der Waals surface area contributed by atoms with Gasteiger partial charge in [-0.05, 0) is 36.6 Å². The number of aryl methyl sites for hydroxylation is 1. The van der Waals surface area contributed by atoms with Gasteiger partial charge in [-0.25, -0.2) is 8.42 Å². The smallest absolute Gasteiger partial charge is 0.253 e. The Morgan fingerprint density at radius 3 is 2.16 bits per heavy atom. The third-order valence-electron chi connectivity index (χ3n) is 5.18. The van der Waals surface area contributed by atoms with E-state index < -0.39 is 10.0 Å². The third-order valence-corrected chi connectivity index (χ3v) is 6.31. The molecule has 3 aromatic rings. The van der Waals surface area contributed by atoms with Gasteiger partial charge in [-0.2, -0.15) is 0 Å². The standard InChI is InChI=1S/C25H28N2O3S/c1-4-23(21-16-14-19(2)15-17-21)26-25(28)22-12-8-9-13-24(22)27(31(3,29)30)18-20-10-6-5-7-11-20/h5-17,23H,4,18H2,1-3H3,(H,26,28). The highest BCUT2D eigenvalue weighted by Gasteiger charge is 2.24. The molecule has 31 heavy (non-hydrogen) atoms. The fourth-order valence-corrected chi connectivity index (χ4v) is 4.37. The first-order chi connectivity index (χ1) is 14.8. The lowest BCUT2D eigenvalue weighted by Crippen LogP contribution is -2.33. The number of anilines is 1. The highest BCUT2D eigenvalue weighted by Crippen LogP contribution is 2.26. The van der Waals surface area contributed by atoms with Gasteiger partial charge < -0.3 is 5.32 Å². The van der Waals surface area contributed by atoms with E-state index in [1.807, 2.05) is 68.4 Å². The van der Waals surface area contributed by atoms with Gasteiger partial charge in [0.05, 0.1) is 30.1 Å². The molecule has 6 heteroatoms. The van der Waals surface area contributed by atoms with Crippen molar-refractivity contribution in [2.24, 2.45) is 0 Å². The lowest BCUT2D eigenvalue weighted by molar-refractivity contribution is 0.0936. The van der Waals surface area contributed by atoms with Gasteiger partial charge in [0.15, 0.2) is 0 Å². The van der Waals surface area contributed by atoms with Crippen LogP contribution in [0.5, 0.6) is 0 Å². The van der Waals surface area contributed by atoms with E-state index in [-0.39, 0.29) is 18.5 Å². The van der Waals surface area contributed by atoms with Crippen LogP contribution in [0.4, 0.5) is 5.69 Å². The maximum absolute atomic E-state index is 13.2. The fraction of sp³-hybridized carbons (Fsp3) is 0.240. The van der Waals surface area contributed by atoms with Crippen LogP contribution in [0.1, 0.15) is 46.4 Å². The zero-order chi connectivity index (χ0) is 22.4. The lowest BCUT2D eigenvalue weighted by Gasteiger charge is -2.26. The maximum atomic E-state index is 13.2. The van der Waals surface area contributed by atoms with E-state index in [1.54, 1.807) is 24.3 Å². The summed E-state index contributed by atoms with van der Waals surface area (Å²) in [4.78, 5) is 13.2. The van der Waals surface area contributed by atoms with Crippen molar-refractivity contribution in [3.8, 4) is 0 Å². The van der Waals surface area contributed by atoms with Gasteiger partial charge in [0.2, 0.25) is 10.0 Å². The molecule has 0 aromatic heterocycles. The van der Waals surface area contributed by atoms with Gasteiger partial charge in [-0.15, -0.1) is 0 Å². The number of hydrogen-bond acceptors (Lipinski definition) is 3. The minimum absolute atomic E-state index is 0.152. The van der Waals surface area contributed by atoms with Crippen LogP contribution in [-0.4, -0.2) is 20.6 Å². The molecule has 0 aliphatic carbocycles. The molecule has 0 saturated carbocycles. The van der Waals surface area contributed by atoms with Gasteiger partial charge >= 0.3 is 0 Å². The Bertz CT molecular complexity index is 1130. The minimum Gasteiger partial charge on any atom is -0.345 e. The number of amides is 1. The molecule has 1 unspecified atom stereocenters. The van der Waals surface area contributed by atoms with Gasteiger partial charge in [0.1, 0.15) is 0 Å². The zero-order valence-corrected chi connectivity index (χ0v) is 18.9. The van der Waals surface area contributed by atoms with Crippen molar-refractivity contribution in [1.29, 1.82) is 0 Å². The van der Waals surface area contributed by atoms with Crippen molar-refractivity contribution in [2.45, 2.75) is 32.9 Å². The summed E-state index contributed by atoms with van der Waals surface area (Å²) in [5.41, 5.74) is 3.71. The molecule has 1 amide bonds. The Kier molecular flexibility index (Phi) is 7.13. The number of rotatable bonds is 8. The highest BCUT2D eigenvalue weighted by molar-refractivity contribution is 7.92. The van der Waals surface area contributed by atoms with Gasteiger partial charge in [0, 0.05) is 0 Å². The molecule has 162 valence electrons. The van der Waals surface area contributed by atoms with Crippen molar-refractivity contribution < 1.29 is 13.2 Å². The summed E-state index contributed by atoms with van der Waals surface area (Å²) >= 11 is 0. The molecule has 3 aromatic carbocycles. The van der Waals surface area contributed by atoms with Crippen molar-refractivity contribution >= 4 is 21.6 Å². The molecule has 3 rings (SSSR count). The van der Waals surface area contributed by atoms with Crippen LogP contribution >= 0.6 is 0 Å². The number of nitrogens with zero attached hydrogens (tertiary/aromatic N) is 1. The monoisotopic (exact) mass is 436 g/mol.